The molecule has 3 rings (SSSR count). The highest BCUT2D eigenvalue weighted by Gasteiger charge is 2.17. The number of hydrogen-bond acceptors (Lipinski definition) is 6. The second-order valence-electron chi connectivity index (χ2n) is 7.21. The lowest BCUT2D eigenvalue weighted by atomic mass is 10.1. The van der Waals surface area contributed by atoms with Crippen molar-refractivity contribution < 1.29 is 22.9 Å². The third-order valence-electron chi connectivity index (χ3n) is 4.63. The van der Waals surface area contributed by atoms with Gasteiger partial charge in [-0.05, 0) is 36.8 Å². The van der Waals surface area contributed by atoms with Crippen LogP contribution in [0.1, 0.15) is 21.5 Å². The van der Waals surface area contributed by atoms with Crippen molar-refractivity contribution in [3.63, 3.8) is 0 Å². The van der Waals surface area contributed by atoms with Gasteiger partial charge in [-0.2, -0.15) is 0 Å². The summed E-state index contributed by atoms with van der Waals surface area (Å²) in [7, 11) is -3.95. The third-order valence-corrected chi connectivity index (χ3v) is 6.08. The molecule has 0 bridgehead atoms. The fraction of sp³-hybridized carbons (Fsp3) is 0.174. The van der Waals surface area contributed by atoms with Gasteiger partial charge in [-0.25, -0.2) is 13.1 Å². The van der Waals surface area contributed by atoms with Gasteiger partial charge in [0.25, 0.3) is 11.6 Å². The predicted octanol–water partition coefficient (Wildman–Crippen LogP) is 3.19. The molecule has 0 atom stereocenters. The highest BCUT2D eigenvalue weighted by molar-refractivity contribution is 7.89. The predicted molar refractivity (Wildman–Crippen MR) is 123 cm³/mol. The van der Waals surface area contributed by atoms with Gasteiger partial charge in [0.15, 0.2) is 0 Å². The number of ether oxygens (including phenoxy) is 1. The molecular weight excluding hydrogens is 446 g/mol. The summed E-state index contributed by atoms with van der Waals surface area (Å²) < 4.78 is 32.7. The summed E-state index contributed by atoms with van der Waals surface area (Å²) in [6.07, 6.45) is 0. The minimum Gasteiger partial charge on any atom is -0.489 e. The quantitative estimate of drug-likeness (QED) is 0.267. The molecule has 0 aliphatic heterocycles. The van der Waals surface area contributed by atoms with Crippen LogP contribution in [-0.2, 0) is 16.6 Å². The second-order valence-corrected chi connectivity index (χ2v) is 8.98. The van der Waals surface area contributed by atoms with Crippen LogP contribution < -0.4 is 14.8 Å². The Morgan fingerprint density at radius 1 is 1.00 bits per heavy atom. The van der Waals surface area contributed by atoms with Gasteiger partial charge in [-0.1, -0.05) is 42.0 Å². The number of benzene rings is 3. The van der Waals surface area contributed by atoms with Crippen LogP contribution in [0.3, 0.4) is 0 Å². The zero-order chi connectivity index (χ0) is 23.8. The maximum Gasteiger partial charge on any atom is 0.270 e. The molecule has 10 heteroatoms. The smallest absolute Gasteiger partial charge is 0.270 e. The number of nitrogens with zero attached hydrogens (tertiary/aromatic N) is 1. The SMILES string of the molecule is Cc1cccc(COc2cccc(C(=O)NCCNS(=O)(=O)c3cccc([N+](=O)[O-])c3)c2)c1. The molecule has 33 heavy (non-hydrogen) atoms. The topological polar surface area (TPSA) is 128 Å². The summed E-state index contributed by atoms with van der Waals surface area (Å²) >= 11 is 0. The summed E-state index contributed by atoms with van der Waals surface area (Å²) in [5.74, 6) is 0.154. The summed E-state index contributed by atoms with van der Waals surface area (Å²) in [6, 6.07) is 19.3. The van der Waals surface area contributed by atoms with Crippen LogP contribution >= 0.6 is 0 Å². The van der Waals surface area contributed by atoms with Crippen molar-refractivity contribution in [3.05, 3.63) is 99.6 Å². The minimum atomic E-state index is -3.95. The Balaban J connectivity index is 1.51. The minimum absolute atomic E-state index is 0.0291. The number of aryl methyl sites for hydroxylation is 1. The number of amides is 1. The number of rotatable bonds is 10. The van der Waals surface area contributed by atoms with Crippen LogP contribution in [0.2, 0.25) is 0 Å². The number of carbonyl (C=O) groups is 1. The van der Waals surface area contributed by atoms with E-state index in [1.807, 2.05) is 31.2 Å². The number of carbonyl (C=O) groups excluding carboxylic acids is 1. The van der Waals surface area contributed by atoms with Crippen molar-refractivity contribution in [1.29, 1.82) is 0 Å². The van der Waals surface area contributed by atoms with Crippen LogP contribution in [0.25, 0.3) is 0 Å². The molecule has 2 N–H and O–H groups in total. The second kappa shape index (κ2) is 10.7. The van der Waals surface area contributed by atoms with Crippen molar-refractivity contribution in [1.82, 2.24) is 10.0 Å². The molecule has 3 aromatic rings. The Kier molecular flexibility index (Phi) is 7.75. The monoisotopic (exact) mass is 469 g/mol. The fourth-order valence-corrected chi connectivity index (χ4v) is 4.08. The van der Waals surface area contributed by atoms with E-state index in [0.29, 0.717) is 17.9 Å². The highest BCUT2D eigenvalue weighted by atomic mass is 32.2. The first-order chi connectivity index (χ1) is 15.7. The third kappa shape index (κ3) is 6.86. The Morgan fingerprint density at radius 3 is 2.52 bits per heavy atom. The van der Waals surface area contributed by atoms with Crippen LogP contribution in [0.5, 0.6) is 5.75 Å². The zero-order valence-corrected chi connectivity index (χ0v) is 18.7. The Labute approximate surface area is 191 Å². The largest absolute Gasteiger partial charge is 0.489 e. The van der Waals surface area contributed by atoms with E-state index in [4.69, 9.17) is 4.74 Å². The lowest BCUT2D eigenvalue weighted by molar-refractivity contribution is -0.385. The average Bonchev–Trinajstić information content (AvgIpc) is 2.80. The first-order valence-electron chi connectivity index (χ1n) is 10.1. The maximum atomic E-state index is 12.4. The molecule has 0 aliphatic rings. The van der Waals surface area contributed by atoms with Gasteiger partial charge in [-0.3, -0.25) is 14.9 Å². The highest BCUT2D eigenvalue weighted by Crippen LogP contribution is 2.17. The molecule has 0 aromatic heterocycles. The van der Waals surface area contributed by atoms with Crippen molar-refractivity contribution >= 4 is 21.6 Å². The van der Waals surface area contributed by atoms with Crippen molar-refractivity contribution in [2.24, 2.45) is 0 Å². The van der Waals surface area contributed by atoms with E-state index >= 15 is 0 Å². The lowest BCUT2D eigenvalue weighted by Crippen LogP contribution is -2.34. The number of nitro benzene ring substituents is 1. The van der Waals surface area contributed by atoms with Gasteiger partial charge in [0.2, 0.25) is 10.0 Å². The van der Waals surface area contributed by atoms with Gasteiger partial charge in [-0.15, -0.1) is 0 Å². The van der Waals surface area contributed by atoms with Gasteiger partial charge < -0.3 is 10.1 Å². The van der Waals surface area contributed by atoms with Crippen LogP contribution in [-0.4, -0.2) is 32.3 Å². The zero-order valence-electron chi connectivity index (χ0n) is 17.9. The number of nitrogens with one attached hydrogen (secondary N) is 2. The maximum absolute atomic E-state index is 12.4. The first kappa shape index (κ1) is 23.9. The summed E-state index contributed by atoms with van der Waals surface area (Å²) in [5, 5.41) is 13.5. The van der Waals surface area contributed by atoms with Gasteiger partial charge in [0.05, 0.1) is 9.82 Å². The van der Waals surface area contributed by atoms with Crippen LogP contribution in [0, 0.1) is 17.0 Å². The molecule has 0 saturated heterocycles. The number of non-ortho nitro benzene ring substituents is 1. The first-order valence-corrected chi connectivity index (χ1v) is 11.5. The molecule has 9 nitrogen and oxygen atoms in total. The molecule has 0 aliphatic carbocycles. The van der Waals surface area contributed by atoms with E-state index < -0.39 is 14.9 Å². The lowest BCUT2D eigenvalue weighted by Gasteiger charge is -2.10. The van der Waals surface area contributed by atoms with E-state index in [-0.39, 0.29) is 29.6 Å². The molecule has 0 saturated carbocycles. The molecule has 3 aromatic carbocycles. The van der Waals surface area contributed by atoms with Gasteiger partial charge in [0, 0.05) is 30.8 Å². The molecule has 0 heterocycles. The Morgan fingerprint density at radius 2 is 1.76 bits per heavy atom. The summed E-state index contributed by atoms with van der Waals surface area (Å²) in [6.45, 7) is 2.31. The fourth-order valence-electron chi connectivity index (χ4n) is 3.01. The Hall–Kier alpha value is -3.76. The van der Waals surface area contributed by atoms with E-state index in [1.165, 1.54) is 18.2 Å². The number of nitro groups is 1. The van der Waals surface area contributed by atoms with Gasteiger partial charge >= 0.3 is 0 Å². The van der Waals surface area contributed by atoms with E-state index in [9.17, 15) is 23.3 Å². The van der Waals surface area contributed by atoms with Crippen molar-refractivity contribution in [2.45, 2.75) is 18.4 Å². The molecular formula is C23H23N3O6S. The van der Waals surface area contributed by atoms with E-state index in [1.54, 1.807) is 24.3 Å². The van der Waals surface area contributed by atoms with Gasteiger partial charge in [0.1, 0.15) is 12.4 Å². The molecule has 0 radical (unpaired) electrons. The summed E-state index contributed by atoms with van der Waals surface area (Å²) in [5.41, 5.74) is 2.19. The molecule has 1 amide bonds. The van der Waals surface area contributed by atoms with E-state index in [2.05, 4.69) is 10.0 Å². The molecule has 172 valence electrons. The Bertz CT molecular complexity index is 1260. The van der Waals surface area contributed by atoms with Crippen molar-refractivity contribution in [3.8, 4) is 5.75 Å². The van der Waals surface area contributed by atoms with Crippen LogP contribution in [0.4, 0.5) is 5.69 Å². The molecule has 0 spiro atoms. The van der Waals surface area contributed by atoms with E-state index in [0.717, 1.165) is 17.2 Å². The molecule has 0 fully saturated rings. The summed E-state index contributed by atoms with van der Waals surface area (Å²) in [4.78, 5) is 22.4. The number of hydrogen-bond donors (Lipinski definition) is 2. The standard InChI is InChI=1S/C23H23N3O6S/c1-17-5-2-6-18(13-17)16-32-21-9-3-7-19(14-21)23(27)24-11-12-25-33(30,31)22-10-4-8-20(15-22)26(28)29/h2-10,13-15,25H,11-12,16H2,1H3,(H,24,27). The van der Waals surface area contributed by atoms with Crippen molar-refractivity contribution in [2.75, 3.05) is 13.1 Å². The average molecular weight is 470 g/mol. The number of sulfonamides is 1. The van der Waals surface area contributed by atoms with Crippen LogP contribution in [0.15, 0.2) is 77.7 Å². The molecule has 0 unspecified atom stereocenters. The normalized spacial score (nSPS) is 11.1.